The van der Waals surface area contributed by atoms with E-state index < -0.39 is 0 Å². The quantitative estimate of drug-likeness (QED) is 0.648. The minimum absolute atomic E-state index is 0.259. The lowest BCUT2D eigenvalue weighted by Gasteiger charge is -1.85. The SMILES string of the molecule is Nc1nc2c(F)ccnc2s1. The van der Waals surface area contributed by atoms with Crippen LogP contribution in [0.15, 0.2) is 12.3 Å². The van der Waals surface area contributed by atoms with Gasteiger partial charge >= 0.3 is 0 Å². The molecule has 2 aromatic rings. The Morgan fingerprint density at radius 3 is 3.09 bits per heavy atom. The van der Waals surface area contributed by atoms with Crippen molar-refractivity contribution >= 4 is 26.8 Å². The molecule has 0 aliphatic rings. The van der Waals surface area contributed by atoms with Crippen LogP contribution in [0.4, 0.5) is 9.52 Å². The molecule has 0 bridgehead atoms. The van der Waals surface area contributed by atoms with Crippen molar-refractivity contribution in [1.29, 1.82) is 0 Å². The number of nitrogens with two attached hydrogens (primary N) is 1. The van der Waals surface area contributed by atoms with Gasteiger partial charge in [-0.3, -0.25) is 0 Å². The molecule has 2 heterocycles. The van der Waals surface area contributed by atoms with Crippen LogP contribution in [0.2, 0.25) is 0 Å². The molecule has 2 aromatic heterocycles. The van der Waals surface area contributed by atoms with Crippen LogP contribution in [-0.4, -0.2) is 9.97 Å². The fourth-order valence-electron chi connectivity index (χ4n) is 0.821. The summed E-state index contributed by atoms with van der Waals surface area (Å²) in [6, 6.07) is 1.27. The minimum Gasteiger partial charge on any atom is -0.375 e. The highest BCUT2D eigenvalue weighted by Crippen LogP contribution is 2.22. The van der Waals surface area contributed by atoms with E-state index in [9.17, 15) is 4.39 Å². The van der Waals surface area contributed by atoms with Gasteiger partial charge in [-0.15, -0.1) is 0 Å². The van der Waals surface area contributed by atoms with Crippen molar-refractivity contribution in [2.45, 2.75) is 0 Å². The van der Waals surface area contributed by atoms with Crippen molar-refractivity contribution in [3.63, 3.8) is 0 Å². The molecule has 0 aliphatic heterocycles. The molecule has 11 heavy (non-hydrogen) atoms. The van der Waals surface area contributed by atoms with E-state index in [0.29, 0.717) is 9.96 Å². The Hall–Kier alpha value is -1.23. The maximum atomic E-state index is 12.8. The molecule has 0 spiro atoms. The third-order valence-corrected chi connectivity index (χ3v) is 2.06. The van der Waals surface area contributed by atoms with Crippen LogP contribution >= 0.6 is 11.3 Å². The minimum atomic E-state index is -0.372. The Bertz CT molecular complexity index is 398. The van der Waals surface area contributed by atoms with Crippen LogP contribution < -0.4 is 5.73 Å². The Morgan fingerprint density at radius 2 is 2.36 bits per heavy atom. The summed E-state index contributed by atoms with van der Waals surface area (Å²) in [5.41, 5.74) is 5.62. The van der Waals surface area contributed by atoms with Crippen LogP contribution in [0.1, 0.15) is 0 Å². The zero-order chi connectivity index (χ0) is 7.84. The van der Waals surface area contributed by atoms with Crippen molar-refractivity contribution < 1.29 is 4.39 Å². The molecule has 0 unspecified atom stereocenters. The fraction of sp³-hybridized carbons (Fsp3) is 0. The van der Waals surface area contributed by atoms with Gasteiger partial charge in [-0.05, 0) is 6.07 Å². The Balaban J connectivity index is 2.90. The van der Waals surface area contributed by atoms with Crippen LogP contribution in [0.3, 0.4) is 0 Å². The Kier molecular flexibility index (Phi) is 1.25. The number of aromatic nitrogens is 2. The highest BCUT2D eigenvalue weighted by Gasteiger charge is 2.05. The summed E-state index contributed by atoms with van der Waals surface area (Å²) in [5, 5.41) is 0.345. The molecule has 2 rings (SSSR count). The number of nitrogen functional groups attached to an aromatic ring is 1. The van der Waals surface area contributed by atoms with Crippen molar-refractivity contribution in [1.82, 2.24) is 9.97 Å². The first-order valence-corrected chi connectivity index (χ1v) is 3.75. The van der Waals surface area contributed by atoms with Crippen LogP contribution in [0, 0.1) is 5.82 Å². The number of nitrogens with zero attached hydrogens (tertiary/aromatic N) is 2. The van der Waals surface area contributed by atoms with Gasteiger partial charge in [0.2, 0.25) is 0 Å². The van der Waals surface area contributed by atoms with Crippen molar-refractivity contribution in [2.75, 3.05) is 5.73 Å². The van der Waals surface area contributed by atoms with Gasteiger partial charge in [-0.1, -0.05) is 11.3 Å². The number of hydrogen-bond acceptors (Lipinski definition) is 4. The van der Waals surface area contributed by atoms with Gasteiger partial charge < -0.3 is 5.73 Å². The number of hydrogen-bond donors (Lipinski definition) is 1. The second-order valence-electron chi connectivity index (χ2n) is 2.00. The van der Waals surface area contributed by atoms with E-state index >= 15 is 0 Å². The lowest BCUT2D eigenvalue weighted by molar-refractivity contribution is 0.636. The third kappa shape index (κ3) is 0.932. The fourth-order valence-corrected chi connectivity index (χ4v) is 1.51. The van der Waals surface area contributed by atoms with E-state index in [4.69, 9.17) is 5.73 Å². The van der Waals surface area contributed by atoms with E-state index in [0.717, 1.165) is 0 Å². The highest BCUT2D eigenvalue weighted by atomic mass is 32.1. The topological polar surface area (TPSA) is 51.8 Å². The van der Waals surface area contributed by atoms with Crippen molar-refractivity contribution in [3.05, 3.63) is 18.1 Å². The van der Waals surface area contributed by atoms with Crippen LogP contribution in [-0.2, 0) is 0 Å². The summed E-state index contributed by atoms with van der Waals surface area (Å²) in [6.45, 7) is 0. The summed E-state index contributed by atoms with van der Waals surface area (Å²) in [6.07, 6.45) is 1.40. The van der Waals surface area contributed by atoms with Gasteiger partial charge in [-0.25, -0.2) is 14.4 Å². The average molecular weight is 169 g/mol. The molecule has 2 N–H and O–H groups in total. The van der Waals surface area contributed by atoms with Gasteiger partial charge in [0.25, 0.3) is 0 Å². The van der Waals surface area contributed by atoms with E-state index in [-0.39, 0.29) is 11.3 Å². The predicted octanol–water partition coefficient (Wildman–Crippen LogP) is 1.41. The van der Waals surface area contributed by atoms with E-state index in [1.165, 1.54) is 23.6 Å². The highest BCUT2D eigenvalue weighted by molar-refractivity contribution is 7.21. The number of anilines is 1. The van der Waals surface area contributed by atoms with Crippen molar-refractivity contribution in [3.8, 4) is 0 Å². The van der Waals surface area contributed by atoms with Gasteiger partial charge in [0.1, 0.15) is 10.3 Å². The summed E-state index contributed by atoms with van der Waals surface area (Å²) in [4.78, 5) is 8.21. The van der Waals surface area contributed by atoms with Crippen LogP contribution in [0.5, 0.6) is 0 Å². The Labute approximate surface area is 65.7 Å². The molecule has 0 saturated carbocycles. The van der Waals surface area contributed by atoms with Gasteiger partial charge in [0, 0.05) is 6.20 Å². The predicted molar refractivity (Wildman–Crippen MR) is 41.8 cm³/mol. The van der Waals surface area contributed by atoms with Gasteiger partial charge in [0.15, 0.2) is 10.9 Å². The number of thiazole rings is 1. The first-order chi connectivity index (χ1) is 5.27. The van der Waals surface area contributed by atoms with Gasteiger partial charge in [-0.2, -0.15) is 0 Å². The normalized spacial score (nSPS) is 10.6. The number of fused-ring (bicyclic) bond motifs is 1. The zero-order valence-corrected chi connectivity index (χ0v) is 6.23. The maximum Gasteiger partial charge on any atom is 0.182 e. The Morgan fingerprint density at radius 1 is 1.55 bits per heavy atom. The molecule has 0 saturated heterocycles. The third-order valence-electron chi connectivity index (χ3n) is 1.26. The molecule has 0 aromatic carbocycles. The largest absolute Gasteiger partial charge is 0.375 e. The molecule has 0 fully saturated rings. The van der Waals surface area contributed by atoms with E-state index in [1.807, 2.05) is 0 Å². The molecular weight excluding hydrogens is 165 g/mol. The van der Waals surface area contributed by atoms with Crippen molar-refractivity contribution in [2.24, 2.45) is 0 Å². The second kappa shape index (κ2) is 2.13. The van der Waals surface area contributed by atoms with Gasteiger partial charge in [0.05, 0.1) is 0 Å². The molecule has 56 valence electrons. The van der Waals surface area contributed by atoms with Crippen LogP contribution in [0.25, 0.3) is 10.3 Å². The smallest absolute Gasteiger partial charge is 0.182 e. The zero-order valence-electron chi connectivity index (χ0n) is 5.41. The molecule has 0 radical (unpaired) electrons. The first-order valence-electron chi connectivity index (χ1n) is 2.94. The molecule has 0 amide bonds. The molecule has 0 atom stereocenters. The summed E-state index contributed by atoms with van der Waals surface area (Å²) in [5.74, 6) is -0.372. The average Bonchev–Trinajstić information content (AvgIpc) is 2.31. The molecule has 3 nitrogen and oxygen atoms in total. The first kappa shape index (κ1) is 6.48. The lowest BCUT2D eigenvalue weighted by Crippen LogP contribution is -1.82. The molecule has 5 heteroatoms. The number of pyridine rings is 1. The summed E-state index contributed by atoms with van der Waals surface area (Å²) < 4.78 is 12.8. The maximum absolute atomic E-state index is 12.8. The van der Waals surface area contributed by atoms with E-state index in [1.54, 1.807) is 0 Å². The summed E-state index contributed by atoms with van der Waals surface area (Å²) >= 11 is 1.18. The lowest BCUT2D eigenvalue weighted by atomic mass is 10.4. The monoisotopic (exact) mass is 169 g/mol. The molecule has 0 aliphatic carbocycles. The second-order valence-corrected chi connectivity index (χ2v) is 3.01. The number of halogens is 1. The molecular formula is C6H4FN3S. The van der Waals surface area contributed by atoms with E-state index in [2.05, 4.69) is 9.97 Å². The number of rotatable bonds is 0. The summed E-state index contributed by atoms with van der Waals surface area (Å²) in [7, 11) is 0. The standard InChI is InChI=1S/C6H4FN3S/c7-3-1-2-9-5-4(3)10-6(8)11-5/h1-2H,(H2,8,10).